The molecule has 1 aliphatic carbocycles. The number of benzene rings is 1. The maximum absolute atomic E-state index is 11.8. The van der Waals surface area contributed by atoms with Gasteiger partial charge in [-0.3, -0.25) is 0 Å². The van der Waals surface area contributed by atoms with Crippen LogP contribution in [-0.2, 0) is 11.3 Å². The molecule has 1 spiro atoms. The van der Waals surface area contributed by atoms with Crippen LogP contribution in [-0.4, -0.2) is 41.3 Å². The molecule has 1 saturated heterocycles. The molecule has 3 rings (SSSR count). The highest BCUT2D eigenvalue weighted by atomic mass is 16.5. The minimum atomic E-state index is -0.857. The highest BCUT2D eigenvalue weighted by Crippen LogP contribution is 2.45. The SMILES string of the molecule is O=C(NC1CCC2(C1)CN(C(=O)O)C2)OCc1ccccc1. The molecule has 1 heterocycles. The van der Waals surface area contributed by atoms with Crippen LogP contribution in [0.4, 0.5) is 9.59 Å². The van der Waals surface area contributed by atoms with Gasteiger partial charge in [0.2, 0.25) is 0 Å². The Bertz CT molecular complexity index is 555. The highest BCUT2D eigenvalue weighted by Gasteiger charge is 2.50. The van der Waals surface area contributed by atoms with E-state index in [1.165, 1.54) is 4.90 Å². The number of ether oxygens (including phenoxy) is 1. The van der Waals surface area contributed by atoms with Gasteiger partial charge in [-0.25, -0.2) is 9.59 Å². The molecular weight excluding hydrogens is 284 g/mol. The molecule has 1 aliphatic heterocycles. The van der Waals surface area contributed by atoms with E-state index in [1.54, 1.807) is 0 Å². The first kappa shape index (κ1) is 14.7. The molecule has 0 radical (unpaired) electrons. The molecule has 2 aliphatic rings. The minimum absolute atomic E-state index is 0.0652. The molecular formula is C16H20N2O4. The quantitative estimate of drug-likeness (QED) is 0.899. The Labute approximate surface area is 129 Å². The summed E-state index contributed by atoms with van der Waals surface area (Å²) in [5.74, 6) is 0. The van der Waals surface area contributed by atoms with Crippen molar-refractivity contribution in [2.24, 2.45) is 5.41 Å². The van der Waals surface area contributed by atoms with E-state index in [4.69, 9.17) is 9.84 Å². The lowest BCUT2D eigenvalue weighted by Gasteiger charge is -2.46. The molecule has 1 atom stereocenters. The van der Waals surface area contributed by atoms with Gasteiger partial charge in [-0.15, -0.1) is 0 Å². The van der Waals surface area contributed by atoms with Crippen molar-refractivity contribution in [1.29, 1.82) is 0 Å². The molecule has 2 amide bonds. The summed E-state index contributed by atoms with van der Waals surface area (Å²) in [4.78, 5) is 24.1. The summed E-state index contributed by atoms with van der Waals surface area (Å²) in [7, 11) is 0. The van der Waals surface area contributed by atoms with Crippen LogP contribution < -0.4 is 5.32 Å². The van der Waals surface area contributed by atoms with Crippen molar-refractivity contribution < 1.29 is 19.4 Å². The smallest absolute Gasteiger partial charge is 0.407 e. The summed E-state index contributed by atoms with van der Waals surface area (Å²) < 4.78 is 5.21. The van der Waals surface area contributed by atoms with Crippen LogP contribution in [0.1, 0.15) is 24.8 Å². The zero-order valence-corrected chi connectivity index (χ0v) is 12.3. The van der Waals surface area contributed by atoms with Crippen molar-refractivity contribution in [1.82, 2.24) is 10.2 Å². The van der Waals surface area contributed by atoms with Crippen LogP contribution in [0.3, 0.4) is 0 Å². The first-order chi connectivity index (χ1) is 10.6. The summed E-state index contributed by atoms with van der Waals surface area (Å²) in [6, 6.07) is 9.63. The molecule has 1 saturated carbocycles. The van der Waals surface area contributed by atoms with Gasteiger partial charge >= 0.3 is 12.2 Å². The fourth-order valence-electron chi connectivity index (χ4n) is 3.45. The predicted octanol–water partition coefficient (Wildman–Crippen LogP) is 2.45. The standard InChI is InChI=1S/C16H20N2O4/c19-14(22-9-12-4-2-1-3-5-12)17-13-6-7-16(8-13)10-18(11-16)15(20)21/h1-5,13H,6-11H2,(H,17,19)(H,20,21). The summed E-state index contributed by atoms with van der Waals surface area (Å²) >= 11 is 0. The van der Waals surface area contributed by atoms with Crippen LogP contribution in [0.2, 0.25) is 0 Å². The van der Waals surface area contributed by atoms with E-state index in [0.717, 1.165) is 24.8 Å². The summed E-state index contributed by atoms with van der Waals surface area (Å²) in [5, 5.41) is 11.8. The molecule has 118 valence electrons. The second-order valence-electron chi connectivity index (χ2n) is 6.28. The van der Waals surface area contributed by atoms with Gasteiger partial charge < -0.3 is 20.1 Å². The van der Waals surface area contributed by atoms with E-state index in [1.807, 2.05) is 30.3 Å². The van der Waals surface area contributed by atoms with Gasteiger partial charge in [-0.2, -0.15) is 0 Å². The molecule has 0 bridgehead atoms. The van der Waals surface area contributed by atoms with Gasteiger partial charge in [0.25, 0.3) is 0 Å². The number of amides is 2. The monoisotopic (exact) mass is 304 g/mol. The fraction of sp³-hybridized carbons (Fsp3) is 0.500. The number of likely N-dealkylation sites (tertiary alicyclic amines) is 1. The molecule has 1 aromatic carbocycles. The van der Waals surface area contributed by atoms with Gasteiger partial charge in [0.05, 0.1) is 0 Å². The number of hydrogen-bond acceptors (Lipinski definition) is 3. The maximum atomic E-state index is 11.8. The molecule has 22 heavy (non-hydrogen) atoms. The third-order valence-corrected chi connectivity index (χ3v) is 4.56. The Morgan fingerprint density at radius 2 is 2.05 bits per heavy atom. The number of alkyl carbamates (subject to hydrolysis) is 1. The van der Waals surface area contributed by atoms with Crippen LogP contribution in [0.5, 0.6) is 0 Å². The number of carbonyl (C=O) groups is 2. The number of nitrogens with zero attached hydrogens (tertiary/aromatic N) is 1. The predicted molar refractivity (Wildman–Crippen MR) is 79.4 cm³/mol. The van der Waals surface area contributed by atoms with E-state index >= 15 is 0 Å². The number of carboxylic acid groups (broad SMARTS) is 1. The largest absolute Gasteiger partial charge is 0.465 e. The van der Waals surface area contributed by atoms with E-state index < -0.39 is 12.2 Å². The molecule has 0 aromatic heterocycles. The van der Waals surface area contributed by atoms with Crippen LogP contribution in [0.25, 0.3) is 0 Å². The Morgan fingerprint density at radius 1 is 1.32 bits per heavy atom. The van der Waals surface area contributed by atoms with E-state index in [-0.39, 0.29) is 18.1 Å². The average molecular weight is 304 g/mol. The molecule has 1 aromatic rings. The molecule has 6 heteroatoms. The lowest BCUT2D eigenvalue weighted by molar-refractivity contribution is 0.0134. The van der Waals surface area contributed by atoms with E-state index in [0.29, 0.717) is 13.1 Å². The molecule has 2 N–H and O–H groups in total. The Kier molecular flexibility index (Phi) is 3.92. The highest BCUT2D eigenvalue weighted by molar-refractivity contribution is 5.68. The number of rotatable bonds is 3. The number of nitrogens with one attached hydrogen (secondary N) is 1. The van der Waals surface area contributed by atoms with Gasteiger partial charge in [0, 0.05) is 24.5 Å². The number of carbonyl (C=O) groups excluding carboxylic acids is 1. The van der Waals surface area contributed by atoms with Gasteiger partial charge in [-0.1, -0.05) is 30.3 Å². The number of hydrogen-bond donors (Lipinski definition) is 2. The molecule has 6 nitrogen and oxygen atoms in total. The van der Waals surface area contributed by atoms with Crippen LogP contribution in [0.15, 0.2) is 30.3 Å². The second-order valence-corrected chi connectivity index (χ2v) is 6.28. The normalized spacial score (nSPS) is 22.2. The van der Waals surface area contributed by atoms with Crippen molar-refractivity contribution in [3.63, 3.8) is 0 Å². The lowest BCUT2D eigenvalue weighted by Crippen LogP contribution is -2.57. The van der Waals surface area contributed by atoms with E-state index in [9.17, 15) is 9.59 Å². The Morgan fingerprint density at radius 3 is 2.73 bits per heavy atom. The third-order valence-electron chi connectivity index (χ3n) is 4.56. The average Bonchev–Trinajstić information content (AvgIpc) is 2.89. The first-order valence-corrected chi connectivity index (χ1v) is 7.51. The summed E-state index contributed by atoms with van der Waals surface area (Å²) in [6.07, 6.45) is 1.41. The van der Waals surface area contributed by atoms with Crippen molar-refractivity contribution in [2.75, 3.05) is 13.1 Å². The van der Waals surface area contributed by atoms with Crippen LogP contribution >= 0.6 is 0 Å². The van der Waals surface area contributed by atoms with Crippen LogP contribution in [0, 0.1) is 5.41 Å². The third kappa shape index (κ3) is 3.16. The minimum Gasteiger partial charge on any atom is -0.465 e. The Balaban J connectivity index is 1.41. The second kappa shape index (κ2) is 5.87. The van der Waals surface area contributed by atoms with Crippen molar-refractivity contribution in [3.8, 4) is 0 Å². The van der Waals surface area contributed by atoms with Crippen molar-refractivity contribution in [3.05, 3.63) is 35.9 Å². The zero-order chi connectivity index (χ0) is 15.6. The summed E-state index contributed by atoms with van der Waals surface area (Å²) in [6.45, 7) is 1.43. The van der Waals surface area contributed by atoms with Gasteiger partial charge in [-0.05, 0) is 24.8 Å². The van der Waals surface area contributed by atoms with Crippen molar-refractivity contribution in [2.45, 2.75) is 31.9 Å². The summed E-state index contributed by atoms with van der Waals surface area (Å²) in [5.41, 5.74) is 1.02. The topological polar surface area (TPSA) is 78.9 Å². The zero-order valence-electron chi connectivity index (χ0n) is 12.3. The van der Waals surface area contributed by atoms with E-state index in [2.05, 4.69) is 5.32 Å². The molecule has 2 fully saturated rings. The molecule has 1 unspecified atom stereocenters. The van der Waals surface area contributed by atoms with Gasteiger partial charge in [0.1, 0.15) is 6.61 Å². The maximum Gasteiger partial charge on any atom is 0.407 e. The Hall–Kier alpha value is -2.24. The van der Waals surface area contributed by atoms with Gasteiger partial charge in [0.15, 0.2) is 0 Å². The van der Waals surface area contributed by atoms with Crippen molar-refractivity contribution >= 4 is 12.2 Å². The fourth-order valence-corrected chi connectivity index (χ4v) is 3.45. The first-order valence-electron chi connectivity index (χ1n) is 7.51. The lowest BCUT2D eigenvalue weighted by atomic mass is 9.78.